The van der Waals surface area contributed by atoms with Crippen molar-refractivity contribution < 1.29 is 4.39 Å². The highest BCUT2D eigenvalue weighted by Gasteiger charge is 2.65. The van der Waals surface area contributed by atoms with Crippen LogP contribution in [0.15, 0.2) is 12.3 Å². The van der Waals surface area contributed by atoms with Crippen LogP contribution in [0.1, 0.15) is 54.0 Å². The van der Waals surface area contributed by atoms with E-state index in [-0.39, 0.29) is 28.2 Å². The van der Waals surface area contributed by atoms with Crippen LogP contribution >= 0.6 is 0 Å². The third-order valence-corrected chi connectivity index (χ3v) is 5.08. The summed E-state index contributed by atoms with van der Waals surface area (Å²) in [7, 11) is 0. The quantitative estimate of drug-likeness (QED) is 0.882. The first-order valence-corrected chi connectivity index (χ1v) is 7.62. The second kappa shape index (κ2) is 4.94. The van der Waals surface area contributed by atoms with Crippen molar-refractivity contribution in [2.45, 2.75) is 66.6 Å². The van der Waals surface area contributed by atoms with Gasteiger partial charge >= 0.3 is 0 Å². The number of nitrogens with zero attached hydrogens (tertiary/aromatic N) is 1. The summed E-state index contributed by atoms with van der Waals surface area (Å²) in [6, 6.07) is 1.99. The zero-order chi connectivity index (χ0) is 16.1. The van der Waals surface area contributed by atoms with Gasteiger partial charge in [-0.2, -0.15) is 0 Å². The molecule has 4 heteroatoms. The van der Waals surface area contributed by atoms with Crippen LogP contribution in [0.4, 0.5) is 10.2 Å². The molecule has 1 saturated carbocycles. The Kier molecular flexibility index (Phi) is 3.81. The maximum absolute atomic E-state index is 14.6. The molecule has 1 aliphatic rings. The van der Waals surface area contributed by atoms with Crippen molar-refractivity contribution in [1.82, 2.24) is 10.3 Å². The molecule has 0 aromatic carbocycles. The van der Waals surface area contributed by atoms with E-state index >= 15 is 0 Å². The Balaban J connectivity index is 2.12. The summed E-state index contributed by atoms with van der Waals surface area (Å²) in [6.07, 6.45) is 1.67. The average molecular weight is 293 g/mol. The Bertz CT molecular complexity index is 515. The highest BCUT2D eigenvalue weighted by Crippen LogP contribution is 2.63. The number of hydrogen-bond donors (Lipinski definition) is 2. The third kappa shape index (κ3) is 3.05. The van der Waals surface area contributed by atoms with E-state index in [4.69, 9.17) is 0 Å². The highest BCUT2D eigenvalue weighted by molar-refractivity contribution is 5.45. The Morgan fingerprint density at radius 1 is 1.19 bits per heavy atom. The molecule has 0 bridgehead atoms. The molecule has 0 aliphatic heterocycles. The van der Waals surface area contributed by atoms with Crippen molar-refractivity contribution in [3.05, 3.63) is 23.6 Å². The lowest BCUT2D eigenvalue weighted by atomic mass is 10.0. The van der Waals surface area contributed by atoms with E-state index in [1.807, 2.05) is 0 Å². The van der Waals surface area contributed by atoms with Crippen LogP contribution in [0.3, 0.4) is 0 Å². The molecule has 0 atom stereocenters. The number of hydrogen-bond acceptors (Lipinski definition) is 3. The van der Waals surface area contributed by atoms with E-state index in [0.717, 1.165) is 0 Å². The molecule has 0 amide bonds. The van der Waals surface area contributed by atoms with Crippen LogP contribution in [0.5, 0.6) is 0 Å². The normalized spacial score (nSPS) is 20.4. The van der Waals surface area contributed by atoms with E-state index < -0.39 is 0 Å². The predicted molar refractivity (Wildman–Crippen MR) is 85.8 cm³/mol. The molecule has 21 heavy (non-hydrogen) atoms. The van der Waals surface area contributed by atoms with Crippen molar-refractivity contribution >= 4 is 5.82 Å². The summed E-state index contributed by atoms with van der Waals surface area (Å²) in [4.78, 5) is 4.18. The largest absolute Gasteiger partial charge is 0.364 e. The van der Waals surface area contributed by atoms with Crippen LogP contribution < -0.4 is 10.6 Å². The van der Waals surface area contributed by atoms with E-state index in [9.17, 15) is 4.39 Å². The minimum absolute atomic E-state index is 0.0379. The van der Waals surface area contributed by atoms with Gasteiger partial charge in [0.15, 0.2) is 11.6 Å². The van der Waals surface area contributed by atoms with Crippen LogP contribution in [-0.2, 0) is 6.54 Å². The zero-order valence-electron chi connectivity index (χ0n) is 14.3. The number of pyridine rings is 1. The molecule has 2 N–H and O–H groups in total. The van der Waals surface area contributed by atoms with E-state index in [1.54, 1.807) is 12.3 Å². The SMILES string of the molecule is CC(C)(C)NCc1ccnc(NC2C(C)(C)C2(C)C)c1F. The number of halogens is 1. The molecule has 1 aromatic heterocycles. The van der Waals surface area contributed by atoms with E-state index in [0.29, 0.717) is 17.9 Å². The maximum Gasteiger partial charge on any atom is 0.169 e. The summed E-state index contributed by atoms with van der Waals surface area (Å²) in [5.41, 5.74) is 0.921. The fraction of sp³-hybridized carbons (Fsp3) is 0.706. The second-order valence-electron chi connectivity index (χ2n) is 8.26. The van der Waals surface area contributed by atoms with Gasteiger partial charge in [-0.05, 0) is 37.7 Å². The Hall–Kier alpha value is -1.16. The van der Waals surface area contributed by atoms with Gasteiger partial charge in [0, 0.05) is 29.9 Å². The molecule has 3 nitrogen and oxygen atoms in total. The van der Waals surface area contributed by atoms with Crippen LogP contribution in [0, 0.1) is 16.6 Å². The number of nitrogens with one attached hydrogen (secondary N) is 2. The third-order valence-electron chi connectivity index (χ3n) is 5.08. The van der Waals surface area contributed by atoms with Gasteiger partial charge in [-0.15, -0.1) is 0 Å². The van der Waals surface area contributed by atoms with Crippen LogP contribution in [0.25, 0.3) is 0 Å². The van der Waals surface area contributed by atoms with Crippen molar-refractivity contribution in [3.63, 3.8) is 0 Å². The smallest absolute Gasteiger partial charge is 0.169 e. The fourth-order valence-corrected chi connectivity index (χ4v) is 2.78. The topological polar surface area (TPSA) is 37.0 Å². The van der Waals surface area contributed by atoms with Crippen molar-refractivity contribution in [1.29, 1.82) is 0 Å². The summed E-state index contributed by atoms with van der Waals surface area (Å²) in [5, 5.41) is 6.60. The molecular weight excluding hydrogens is 265 g/mol. The van der Waals surface area contributed by atoms with Gasteiger partial charge in [-0.25, -0.2) is 9.37 Å². The Morgan fingerprint density at radius 2 is 1.76 bits per heavy atom. The summed E-state index contributed by atoms with van der Waals surface area (Å²) >= 11 is 0. The second-order valence-corrected chi connectivity index (χ2v) is 8.26. The lowest BCUT2D eigenvalue weighted by molar-refractivity contribution is 0.418. The summed E-state index contributed by atoms with van der Waals surface area (Å²) in [6.45, 7) is 15.5. The van der Waals surface area contributed by atoms with E-state index in [2.05, 4.69) is 64.1 Å². The highest BCUT2D eigenvalue weighted by atomic mass is 19.1. The molecular formula is C17H28FN3. The van der Waals surface area contributed by atoms with Gasteiger partial charge in [0.05, 0.1) is 0 Å². The molecule has 1 heterocycles. The molecule has 1 aromatic rings. The lowest BCUT2D eigenvalue weighted by Crippen LogP contribution is -2.35. The van der Waals surface area contributed by atoms with Gasteiger partial charge in [-0.3, -0.25) is 0 Å². The lowest BCUT2D eigenvalue weighted by Gasteiger charge is -2.21. The zero-order valence-corrected chi connectivity index (χ0v) is 14.3. The van der Waals surface area contributed by atoms with Gasteiger partial charge in [-0.1, -0.05) is 27.7 Å². The van der Waals surface area contributed by atoms with Crippen molar-refractivity contribution in [2.75, 3.05) is 5.32 Å². The molecule has 0 spiro atoms. The number of aromatic nitrogens is 1. The first kappa shape index (κ1) is 16.2. The number of rotatable bonds is 4. The van der Waals surface area contributed by atoms with Crippen molar-refractivity contribution in [3.8, 4) is 0 Å². The Morgan fingerprint density at radius 3 is 2.24 bits per heavy atom. The first-order chi connectivity index (χ1) is 9.47. The predicted octanol–water partition coefficient (Wildman–Crippen LogP) is 3.96. The molecule has 2 rings (SSSR count). The van der Waals surface area contributed by atoms with Crippen LogP contribution in [-0.4, -0.2) is 16.6 Å². The van der Waals surface area contributed by atoms with Gasteiger partial charge in [0.2, 0.25) is 0 Å². The standard InChI is InChI=1S/C17H28FN3/c1-15(2,3)20-10-11-8-9-19-13(12(11)18)21-14-16(4,5)17(14,6)7/h8-9,14,20H,10H2,1-7H3,(H,19,21). The average Bonchev–Trinajstić information content (AvgIpc) is 2.71. The molecule has 1 fully saturated rings. The molecule has 118 valence electrons. The summed E-state index contributed by atoms with van der Waals surface area (Å²) in [5.74, 6) is 0.125. The first-order valence-electron chi connectivity index (χ1n) is 7.62. The minimum atomic E-state index is -0.243. The Labute approximate surface area is 127 Å². The fourth-order valence-electron chi connectivity index (χ4n) is 2.78. The van der Waals surface area contributed by atoms with E-state index in [1.165, 1.54) is 0 Å². The number of anilines is 1. The van der Waals surface area contributed by atoms with Crippen LogP contribution in [0.2, 0.25) is 0 Å². The van der Waals surface area contributed by atoms with Gasteiger partial charge in [0.1, 0.15) is 0 Å². The van der Waals surface area contributed by atoms with Gasteiger partial charge < -0.3 is 10.6 Å². The summed E-state index contributed by atoms with van der Waals surface area (Å²) < 4.78 is 14.6. The minimum Gasteiger partial charge on any atom is -0.364 e. The molecule has 0 saturated heterocycles. The molecule has 0 radical (unpaired) electrons. The monoisotopic (exact) mass is 293 g/mol. The maximum atomic E-state index is 14.6. The molecule has 0 unspecified atom stereocenters. The van der Waals surface area contributed by atoms with Gasteiger partial charge in [0.25, 0.3) is 0 Å². The van der Waals surface area contributed by atoms with Crippen molar-refractivity contribution in [2.24, 2.45) is 10.8 Å². The molecule has 1 aliphatic carbocycles.